The van der Waals surface area contributed by atoms with Crippen molar-refractivity contribution in [3.63, 3.8) is 0 Å². The predicted molar refractivity (Wildman–Crippen MR) is 58.3 cm³/mol. The third-order valence-electron chi connectivity index (χ3n) is 2.42. The number of aryl methyl sites for hydroxylation is 1. The molecule has 0 amide bonds. The largest absolute Gasteiger partial charge is 0.449 e. The van der Waals surface area contributed by atoms with Crippen molar-refractivity contribution in [3.05, 3.63) is 17.8 Å². The van der Waals surface area contributed by atoms with Crippen LogP contribution in [0.3, 0.4) is 0 Å². The molecule has 2 N–H and O–H groups in total. The lowest BCUT2D eigenvalue weighted by atomic mass is 10.2. The van der Waals surface area contributed by atoms with E-state index in [1.807, 2.05) is 18.0 Å². The number of hydrogen-bond acceptors (Lipinski definition) is 4. The van der Waals surface area contributed by atoms with Crippen molar-refractivity contribution < 1.29 is 4.42 Å². The van der Waals surface area contributed by atoms with Crippen LogP contribution < -0.4 is 5.73 Å². The van der Waals surface area contributed by atoms with E-state index in [9.17, 15) is 0 Å². The van der Waals surface area contributed by atoms with Gasteiger partial charge in [0, 0.05) is 6.42 Å². The number of hydrogen-bond donors (Lipinski definition) is 1. The summed E-state index contributed by atoms with van der Waals surface area (Å²) in [5, 5.41) is 0.574. The summed E-state index contributed by atoms with van der Waals surface area (Å²) in [5.74, 6) is 2.10. The van der Waals surface area contributed by atoms with Crippen LogP contribution in [-0.2, 0) is 6.42 Å². The van der Waals surface area contributed by atoms with Gasteiger partial charge in [0.05, 0.1) is 10.9 Å². The smallest absolute Gasteiger partial charge is 0.194 e. The van der Waals surface area contributed by atoms with Gasteiger partial charge in [0.2, 0.25) is 0 Å². The highest BCUT2D eigenvalue weighted by atomic mass is 32.2. The Morgan fingerprint density at radius 3 is 3.29 bits per heavy atom. The van der Waals surface area contributed by atoms with Gasteiger partial charge in [0.25, 0.3) is 0 Å². The monoisotopic (exact) mass is 212 g/mol. The molecule has 3 nitrogen and oxygen atoms in total. The molecule has 0 radical (unpaired) electrons. The lowest BCUT2D eigenvalue weighted by Gasteiger charge is -2.00. The molecule has 0 spiro atoms. The van der Waals surface area contributed by atoms with Crippen molar-refractivity contribution in [2.45, 2.75) is 30.9 Å². The van der Waals surface area contributed by atoms with E-state index >= 15 is 0 Å². The molecule has 1 unspecified atom stereocenters. The van der Waals surface area contributed by atoms with Gasteiger partial charge < -0.3 is 10.2 Å². The summed E-state index contributed by atoms with van der Waals surface area (Å²) in [5.41, 5.74) is 6.56. The van der Waals surface area contributed by atoms with Gasteiger partial charge in [0.15, 0.2) is 5.89 Å². The van der Waals surface area contributed by atoms with Gasteiger partial charge in [-0.2, -0.15) is 11.8 Å². The summed E-state index contributed by atoms with van der Waals surface area (Å²) in [6.45, 7) is 0.704. The molecule has 14 heavy (non-hydrogen) atoms. The van der Waals surface area contributed by atoms with Crippen LogP contribution in [0.2, 0.25) is 0 Å². The Balaban J connectivity index is 1.94. The lowest BCUT2D eigenvalue weighted by Crippen LogP contribution is -2.00. The molecular weight excluding hydrogens is 196 g/mol. The minimum absolute atomic E-state index is 0.574. The molecule has 0 aromatic carbocycles. The number of nitrogens with zero attached hydrogens (tertiary/aromatic N) is 1. The van der Waals surface area contributed by atoms with E-state index in [0.717, 1.165) is 24.4 Å². The molecule has 1 aliphatic rings. The Labute approximate surface area is 88.5 Å². The van der Waals surface area contributed by atoms with E-state index in [1.54, 1.807) is 0 Å². The van der Waals surface area contributed by atoms with Crippen molar-refractivity contribution in [3.8, 4) is 0 Å². The Morgan fingerprint density at radius 2 is 2.57 bits per heavy atom. The second-order valence-electron chi connectivity index (χ2n) is 3.56. The van der Waals surface area contributed by atoms with Crippen LogP contribution in [0.5, 0.6) is 0 Å². The average molecular weight is 212 g/mol. The van der Waals surface area contributed by atoms with Crippen LogP contribution in [0.4, 0.5) is 0 Å². The second-order valence-corrected chi connectivity index (χ2v) is 4.87. The molecule has 78 valence electrons. The van der Waals surface area contributed by atoms with E-state index < -0.39 is 0 Å². The normalized spacial score (nSPS) is 21.6. The lowest BCUT2D eigenvalue weighted by molar-refractivity contribution is 0.488. The minimum atomic E-state index is 0.574. The van der Waals surface area contributed by atoms with Gasteiger partial charge in [-0.15, -0.1) is 0 Å². The van der Waals surface area contributed by atoms with E-state index in [2.05, 4.69) is 4.98 Å². The fraction of sp³-hybridized carbons (Fsp3) is 0.700. The minimum Gasteiger partial charge on any atom is -0.449 e. The van der Waals surface area contributed by atoms with Gasteiger partial charge in [0.1, 0.15) is 6.26 Å². The highest BCUT2D eigenvalue weighted by Gasteiger charge is 2.20. The van der Waals surface area contributed by atoms with Crippen LogP contribution in [0, 0.1) is 0 Å². The summed E-state index contributed by atoms with van der Waals surface area (Å²) >= 11 is 1.99. The molecule has 4 heteroatoms. The van der Waals surface area contributed by atoms with Crippen molar-refractivity contribution in [2.75, 3.05) is 12.3 Å². The highest BCUT2D eigenvalue weighted by molar-refractivity contribution is 7.99. The van der Waals surface area contributed by atoms with Crippen molar-refractivity contribution >= 4 is 11.8 Å². The van der Waals surface area contributed by atoms with Crippen LogP contribution in [0.1, 0.15) is 36.1 Å². The Hall–Kier alpha value is -0.480. The zero-order chi connectivity index (χ0) is 9.80. The average Bonchev–Trinajstić information content (AvgIpc) is 2.85. The van der Waals surface area contributed by atoms with Crippen molar-refractivity contribution in [2.24, 2.45) is 5.73 Å². The maximum absolute atomic E-state index is 5.43. The molecule has 0 bridgehead atoms. The third-order valence-corrected chi connectivity index (χ3v) is 3.83. The maximum Gasteiger partial charge on any atom is 0.194 e. The van der Waals surface area contributed by atoms with Gasteiger partial charge in [-0.05, 0) is 31.6 Å². The van der Waals surface area contributed by atoms with E-state index in [1.165, 1.54) is 18.6 Å². The molecule has 1 fully saturated rings. The molecule has 2 heterocycles. The molecule has 2 rings (SSSR count). The Morgan fingerprint density at radius 1 is 1.64 bits per heavy atom. The topological polar surface area (TPSA) is 52.0 Å². The van der Waals surface area contributed by atoms with E-state index in [4.69, 9.17) is 10.2 Å². The fourth-order valence-corrected chi connectivity index (χ4v) is 2.88. The van der Waals surface area contributed by atoms with E-state index in [0.29, 0.717) is 11.8 Å². The van der Waals surface area contributed by atoms with E-state index in [-0.39, 0.29) is 0 Å². The van der Waals surface area contributed by atoms with Crippen LogP contribution in [0.15, 0.2) is 10.7 Å². The number of nitrogens with two attached hydrogens (primary N) is 1. The van der Waals surface area contributed by atoms with Gasteiger partial charge in [-0.1, -0.05) is 0 Å². The van der Waals surface area contributed by atoms with Gasteiger partial charge in [-0.25, -0.2) is 4.98 Å². The molecule has 1 aromatic heterocycles. The van der Waals surface area contributed by atoms with Gasteiger partial charge >= 0.3 is 0 Å². The fourth-order valence-electron chi connectivity index (χ4n) is 1.65. The number of aromatic nitrogens is 1. The molecule has 0 aliphatic carbocycles. The third kappa shape index (κ3) is 2.30. The molecular formula is C10H16N2OS. The summed E-state index contributed by atoms with van der Waals surface area (Å²) in [6.07, 6.45) is 6.19. The molecule has 0 saturated carbocycles. The number of rotatable bonds is 4. The standard InChI is InChI=1S/C10H16N2OS/c11-5-1-4-10-12-8(7-13-10)9-3-2-6-14-9/h7,9H,1-6,11H2. The quantitative estimate of drug-likeness (QED) is 0.830. The van der Waals surface area contributed by atoms with Crippen LogP contribution >= 0.6 is 11.8 Å². The zero-order valence-electron chi connectivity index (χ0n) is 8.24. The maximum atomic E-state index is 5.43. The van der Waals surface area contributed by atoms with Crippen molar-refractivity contribution in [1.82, 2.24) is 4.98 Å². The predicted octanol–water partition coefficient (Wildman–Crippen LogP) is 2.13. The summed E-state index contributed by atoms with van der Waals surface area (Å²) in [7, 11) is 0. The van der Waals surface area contributed by atoms with Crippen LogP contribution in [-0.4, -0.2) is 17.3 Å². The van der Waals surface area contributed by atoms with Crippen molar-refractivity contribution in [1.29, 1.82) is 0 Å². The zero-order valence-corrected chi connectivity index (χ0v) is 9.05. The molecule has 1 aliphatic heterocycles. The first-order valence-corrected chi connectivity index (χ1v) is 6.21. The first kappa shape index (κ1) is 10.1. The summed E-state index contributed by atoms with van der Waals surface area (Å²) in [4.78, 5) is 4.49. The highest BCUT2D eigenvalue weighted by Crippen LogP contribution is 2.39. The van der Waals surface area contributed by atoms with Crippen LogP contribution in [0.25, 0.3) is 0 Å². The molecule has 1 atom stereocenters. The molecule has 1 aromatic rings. The number of thioether (sulfide) groups is 1. The first-order valence-electron chi connectivity index (χ1n) is 5.16. The Bertz CT molecular complexity index is 281. The molecule has 1 saturated heterocycles. The SMILES string of the molecule is NCCCc1nc(C2CCCS2)co1. The summed E-state index contributed by atoms with van der Waals surface area (Å²) < 4.78 is 5.40. The first-order chi connectivity index (χ1) is 6.90. The number of oxazole rings is 1. The second kappa shape index (κ2) is 4.84. The van der Waals surface area contributed by atoms with Gasteiger partial charge in [-0.3, -0.25) is 0 Å². The summed E-state index contributed by atoms with van der Waals surface area (Å²) in [6, 6.07) is 0. The Kier molecular flexibility index (Phi) is 3.48.